The van der Waals surface area contributed by atoms with Crippen LogP contribution in [0.1, 0.15) is 19.8 Å². The maximum atomic E-state index is 11.6. The summed E-state index contributed by atoms with van der Waals surface area (Å²) in [4.78, 5) is 11.6. The highest BCUT2D eigenvalue weighted by Gasteiger charge is 2.72. The predicted molar refractivity (Wildman–Crippen MR) is 59.8 cm³/mol. The summed E-state index contributed by atoms with van der Waals surface area (Å²) < 4.78 is 10.8. The summed E-state index contributed by atoms with van der Waals surface area (Å²) in [6.45, 7) is 5.11. The van der Waals surface area contributed by atoms with Crippen molar-refractivity contribution < 1.29 is 19.4 Å². The Kier molecular flexibility index (Phi) is 2.31. The topological polar surface area (TPSA) is 79.6 Å². The lowest BCUT2D eigenvalue weighted by Gasteiger charge is -2.32. The molecule has 2 bridgehead atoms. The monoisotopic (exact) mass is 249 g/mol. The molecule has 6 unspecified atom stereocenters. The molecule has 3 fully saturated rings. The van der Waals surface area contributed by atoms with Gasteiger partial charge in [0.25, 0.3) is 0 Å². The summed E-state index contributed by atoms with van der Waals surface area (Å²) >= 11 is 0. The molecular formula is C13H15NO4. The van der Waals surface area contributed by atoms with Crippen molar-refractivity contribution in [3.63, 3.8) is 0 Å². The van der Waals surface area contributed by atoms with Crippen LogP contribution in [0.4, 0.5) is 0 Å². The van der Waals surface area contributed by atoms with Gasteiger partial charge >= 0.3 is 5.97 Å². The first-order chi connectivity index (χ1) is 8.49. The van der Waals surface area contributed by atoms with E-state index in [1.165, 1.54) is 0 Å². The summed E-state index contributed by atoms with van der Waals surface area (Å²) in [5, 5.41) is 19.2. The minimum absolute atomic E-state index is 0.00873. The van der Waals surface area contributed by atoms with Crippen LogP contribution in [0.15, 0.2) is 12.2 Å². The molecule has 1 saturated heterocycles. The van der Waals surface area contributed by atoms with E-state index in [1.54, 1.807) is 6.92 Å². The standard InChI is InChI=1S/C13H15NO4/c1-6(2)11(15)17-10-7-3-8-9(4-7)13(10,5-14)18-12(8)16/h7-10,12,16H,1,3-4H2,2H3. The Morgan fingerprint density at radius 3 is 2.94 bits per heavy atom. The molecule has 0 aromatic carbocycles. The van der Waals surface area contributed by atoms with Crippen LogP contribution in [-0.4, -0.2) is 29.1 Å². The Bertz CT molecular complexity index is 468. The number of aliphatic hydroxyl groups is 1. The summed E-state index contributed by atoms with van der Waals surface area (Å²) in [6, 6.07) is 2.14. The van der Waals surface area contributed by atoms with Crippen LogP contribution in [0, 0.1) is 29.1 Å². The van der Waals surface area contributed by atoms with Crippen LogP contribution in [0.2, 0.25) is 0 Å². The minimum atomic E-state index is -1.15. The normalized spacial score (nSPS) is 47.9. The fourth-order valence-corrected chi connectivity index (χ4v) is 3.74. The molecule has 0 aromatic heterocycles. The maximum Gasteiger partial charge on any atom is 0.333 e. The second-order valence-electron chi connectivity index (χ2n) is 5.52. The van der Waals surface area contributed by atoms with Gasteiger partial charge in [-0.05, 0) is 19.8 Å². The second-order valence-corrected chi connectivity index (χ2v) is 5.52. The molecule has 1 heterocycles. The largest absolute Gasteiger partial charge is 0.454 e. The highest BCUT2D eigenvalue weighted by molar-refractivity contribution is 5.87. The molecule has 96 valence electrons. The molecular weight excluding hydrogens is 234 g/mol. The maximum absolute atomic E-state index is 11.6. The van der Waals surface area contributed by atoms with Gasteiger partial charge in [0.2, 0.25) is 0 Å². The number of hydrogen-bond donors (Lipinski definition) is 1. The first-order valence-corrected chi connectivity index (χ1v) is 6.13. The lowest BCUT2D eigenvalue weighted by atomic mass is 9.79. The zero-order chi connectivity index (χ0) is 13.1. The molecule has 5 heteroatoms. The number of nitriles is 1. The van der Waals surface area contributed by atoms with Crippen molar-refractivity contribution in [1.82, 2.24) is 0 Å². The average molecular weight is 249 g/mol. The van der Waals surface area contributed by atoms with E-state index in [9.17, 15) is 15.2 Å². The summed E-state index contributed by atoms with van der Waals surface area (Å²) in [5.41, 5.74) is -0.848. The van der Waals surface area contributed by atoms with Crippen LogP contribution in [0.5, 0.6) is 0 Å². The third-order valence-corrected chi connectivity index (χ3v) is 4.49. The molecule has 2 saturated carbocycles. The molecule has 0 aromatic rings. The van der Waals surface area contributed by atoms with Gasteiger partial charge in [-0.2, -0.15) is 5.26 Å². The molecule has 3 aliphatic rings. The van der Waals surface area contributed by atoms with Crippen molar-refractivity contribution in [1.29, 1.82) is 5.26 Å². The van der Waals surface area contributed by atoms with Gasteiger partial charge < -0.3 is 14.6 Å². The van der Waals surface area contributed by atoms with Gasteiger partial charge in [0.05, 0.1) is 0 Å². The number of fused-ring (bicyclic) bond motifs is 1. The van der Waals surface area contributed by atoms with E-state index < -0.39 is 24.0 Å². The smallest absolute Gasteiger partial charge is 0.333 e. The molecule has 1 aliphatic heterocycles. The van der Waals surface area contributed by atoms with E-state index in [1.807, 2.05) is 0 Å². The number of nitrogens with zero attached hydrogens (tertiary/aromatic N) is 1. The number of carbonyl (C=O) groups is 1. The number of rotatable bonds is 2. The van der Waals surface area contributed by atoms with Crippen molar-refractivity contribution in [3.8, 4) is 6.07 Å². The van der Waals surface area contributed by atoms with Crippen LogP contribution < -0.4 is 0 Å². The van der Waals surface area contributed by atoms with E-state index in [-0.39, 0.29) is 17.8 Å². The molecule has 0 spiro atoms. The molecule has 18 heavy (non-hydrogen) atoms. The quantitative estimate of drug-likeness (QED) is 0.576. The Hall–Kier alpha value is -1.38. The fraction of sp³-hybridized carbons (Fsp3) is 0.692. The lowest BCUT2D eigenvalue weighted by molar-refractivity contribution is -0.175. The fourth-order valence-electron chi connectivity index (χ4n) is 3.74. The third-order valence-electron chi connectivity index (χ3n) is 4.49. The van der Waals surface area contributed by atoms with Crippen molar-refractivity contribution in [2.24, 2.45) is 17.8 Å². The highest BCUT2D eigenvalue weighted by atomic mass is 16.6. The van der Waals surface area contributed by atoms with Crippen LogP contribution in [0.25, 0.3) is 0 Å². The molecule has 6 atom stereocenters. The number of carbonyl (C=O) groups excluding carboxylic acids is 1. The van der Waals surface area contributed by atoms with Crippen molar-refractivity contribution >= 4 is 5.97 Å². The predicted octanol–water partition coefficient (Wildman–Crippen LogP) is 0.741. The summed E-state index contributed by atoms with van der Waals surface area (Å²) in [5.74, 6) is -0.399. The van der Waals surface area contributed by atoms with E-state index in [4.69, 9.17) is 9.47 Å². The van der Waals surface area contributed by atoms with Crippen LogP contribution in [0.3, 0.4) is 0 Å². The zero-order valence-electron chi connectivity index (χ0n) is 10.1. The minimum Gasteiger partial charge on any atom is -0.454 e. The Morgan fingerprint density at radius 2 is 2.33 bits per heavy atom. The van der Waals surface area contributed by atoms with Gasteiger partial charge in [-0.15, -0.1) is 0 Å². The summed E-state index contributed by atoms with van der Waals surface area (Å²) in [7, 11) is 0. The number of aliphatic hydroxyl groups excluding tert-OH is 1. The van der Waals surface area contributed by atoms with E-state index >= 15 is 0 Å². The molecule has 2 aliphatic carbocycles. The second kappa shape index (κ2) is 3.56. The average Bonchev–Trinajstić information content (AvgIpc) is 2.91. The first-order valence-electron chi connectivity index (χ1n) is 6.13. The van der Waals surface area contributed by atoms with Gasteiger partial charge in [0.1, 0.15) is 12.2 Å². The van der Waals surface area contributed by atoms with Crippen LogP contribution >= 0.6 is 0 Å². The Balaban J connectivity index is 1.91. The van der Waals surface area contributed by atoms with Gasteiger partial charge in [-0.1, -0.05) is 6.58 Å². The molecule has 0 amide bonds. The Morgan fingerprint density at radius 1 is 1.61 bits per heavy atom. The van der Waals surface area contributed by atoms with Crippen molar-refractivity contribution in [2.45, 2.75) is 37.8 Å². The molecule has 3 rings (SSSR count). The van der Waals surface area contributed by atoms with E-state index in [0.29, 0.717) is 5.57 Å². The van der Waals surface area contributed by atoms with Crippen molar-refractivity contribution in [3.05, 3.63) is 12.2 Å². The third kappa shape index (κ3) is 1.25. The molecule has 5 nitrogen and oxygen atoms in total. The van der Waals surface area contributed by atoms with Gasteiger partial charge in [0, 0.05) is 23.3 Å². The highest BCUT2D eigenvalue weighted by Crippen LogP contribution is 2.62. The van der Waals surface area contributed by atoms with E-state index in [0.717, 1.165) is 12.8 Å². The zero-order valence-corrected chi connectivity index (χ0v) is 10.1. The number of esters is 1. The van der Waals surface area contributed by atoms with E-state index in [2.05, 4.69) is 12.6 Å². The van der Waals surface area contributed by atoms with Gasteiger partial charge in [-0.3, -0.25) is 0 Å². The van der Waals surface area contributed by atoms with Crippen LogP contribution in [-0.2, 0) is 14.3 Å². The van der Waals surface area contributed by atoms with Crippen molar-refractivity contribution in [2.75, 3.05) is 0 Å². The first kappa shape index (κ1) is 11.7. The number of ether oxygens (including phenoxy) is 2. The van der Waals surface area contributed by atoms with Gasteiger partial charge in [-0.25, -0.2) is 4.79 Å². The number of hydrogen-bond acceptors (Lipinski definition) is 5. The lowest BCUT2D eigenvalue weighted by Crippen LogP contribution is -2.47. The molecule has 0 radical (unpaired) electrons. The van der Waals surface area contributed by atoms with Gasteiger partial charge in [0.15, 0.2) is 11.9 Å². The SMILES string of the molecule is C=C(C)C(=O)OC1C2CC3C(O)OC1(C#N)C3C2. The Labute approximate surface area is 105 Å². The summed E-state index contributed by atoms with van der Waals surface area (Å²) in [6.07, 6.45) is 0.0468. The molecule has 1 N–H and O–H groups in total.